The summed E-state index contributed by atoms with van der Waals surface area (Å²) in [6, 6.07) is 7.37. The molecule has 1 fully saturated rings. The quantitative estimate of drug-likeness (QED) is 0.491. The Kier molecular flexibility index (Phi) is 5.32. The number of hydrogen-bond acceptors (Lipinski definition) is 6. The first-order valence-electron chi connectivity index (χ1n) is 8.65. The van der Waals surface area contributed by atoms with E-state index in [0.29, 0.717) is 4.90 Å². The number of nitrogens with zero attached hydrogens (tertiary/aromatic N) is 3. The van der Waals surface area contributed by atoms with Crippen LogP contribution in [0.25, 0.3) is 0 Å². The number of likely N-dealkylation sites (N-methyl/N-ethyl adjacent to an activating group) is 1. The second kappa shape index (κ2) is 7.55. The van der Waals surface area contributed by atoms with E-state index in [4.69, 9.17) is 0 Å². The molecule has 0 aliphatic carbocycles. The normalized spacial score (nSPS) is 20.9. The molecular formula is C18H19N3O6S. The zero-order valence-electron chi connectivity index (χ0n) is 15.1. The first-order valence-corrected chi connectivity index (χ1v) is 10.4. The van der Waals surface area contributed by atoms with Gasteiger partial charge in [0.05, 0.1) is 11.8 Å². The van der Waals surface area contributed by atoms with Crippen LogP contribution in [0.15, 0.2) is 41.8 Å². The van der Waals surface area contributed by atoms with Crippen molar-refractivity contribution in [3.8, 4) is 0 Å². The van der Waals surface area contributed by atoms with E-state index >= 15 is 0 Å². The summed E-state index contributed by atoms with van der Waals surface area (Å²) < 4.78 is 23.6. The Morgan fingerprint density at radius 2 is 1.75 bits per heavy atom. The Labute approximate surface area is 162 Å². The van der Waals surface area contributed by atoms with Crippen molar-refractivity contribution < 1.29 is 27.6 Å². The van der Waals surface area contributed by atoms with Crippen molar-refractivity contribution in [2.45, 2.75) is 19.5 Å². The Morgan fingerprint density at radius 1 is 1.11 bits per heavy atom. The van der Waals surface area contributed by atoms with Gasteiger partial charge in [0, 0.05) is 18.5 Å². The highest BCUT2D eigenvalue weighted by Gasteiger charge is 2.45. The summed E-state index contributed by atoms with van der Waals surface area (Å²) in [7, 11) is -3.42. The zero-order valence-corrected chi connectivity index (χ0v) is 16.0. The Morgan fingerprint density at radius 3 is 2.29 bits per heavy atom. The Balaban J connectivity index is 1.83. The molecule has 0 spiro atoms. The molecule has 2 heterocycles. The Hall–Kier alpha value is -3.01. The topological polar surface area (TPSA) is 112 Å². The smallest absolute Gasteiger partial charge is 0.329 e. The predicted molar refractivity (Wildman–Crippen MR) is 98.2 cm³/mol. The van der Waals surface area contributed by atoms with Crippen LogP contribution >= 0.6 is 0 Å². The van der Waals surface area contributed by atoms with Crippen LogP contribution in [0.2, 0.25) is 0 Å². The summed E-state index contributed by atoms with van der Waals surface area (Å²) >= 11 is 0. The van der Waals surface area contributed by atoms with Gasteiger partial charge in [0.2, 0.25) is 5.91 Å². The number of urea groups is 1. The first-order chi connectivity index (χ1) is 13.2. The molecule has 1 aromatic carbocycles. The van der Waals surface area contributed by atoms with E-state index in [1.807, 2.05) is 6.07 Å². The molecule has 2 aliphatic heterocycles. The molecule has 1 atom stereocenters. The Bertz CT molecular complexity index is 957. The van der Waals surface area contributed by atoms with Gasteiger partial charge >= 0.3 is 17.8 Å². The molecule has 0 unspecified atom stereocenters. The monoisotopic (exact) mass is 405 g/mol. The molecule has 28 heavy (non-hydrogen) atoms. The third-order valence-electron chi connectivity index (χ3n) is 4.57. The fraction of sp³-hybridized carbons (Fsp3) is 0.333. The second-order valence-corrected chi connectivity index (χ2v) is 8.39. The summed E-state index contributed by atoms with van der Waals surface area (Å²) in [6.45, 7) is 1.04. The van der Waals surface area contributed by atoms with E-state index in [9.17, 15) is 27.6 Å². The van der Waals surface area contributed by atoms with E-state index < -0.39 is 46.2 Å². The van der Waals surface area contributed by atoms with Crippen LogP contribution in [0.1, 0.15) is 12.5 Å². The van der Waals surface area contributed by atoms with Crippen molar-refractivity contribution in [2.24, 2.45) is 0 Å². The molecule has 148 valence electrons. The van der Waals surface area contributed by atoms with Crippen molar-refractivity contribution in [1.29, 1.82) is 0 Å². The maximum atomic E-state index is 12.9. The van der Waals surface area contributed by atoms with E-state index in [2.05, 4.69) is 0 Å². The summed E-state index contributed by atoms with van der Waals surface area (Å²) in [4.78, 5) is 51.7. The van der Waals surface area contributed by atoms with E-state index in [1.165, 1.54) is 11.0 Å². The van der Waals surface area contributed by atoms with Crippen molar-refractivity contribution in [2.75, 3.05) is 18.8 Å². The molecule has 0 saturated carbocycles. The molecule has 0 radical (unpaired) electrons. The van der Waals surface area contributed by atoms with Crippen molar-refractivity contribution in [1.82, 2.24) is 14.7 Å². The van der Waals surface area contributed by atoms with Gasteiger partial charge in [-0.2, -0.15) is 0 Å². The number of amides is 5. The predicted octanol–water partition coefficient (Wildman–Crippen LogP) is 0.137. The second-order valence-electron chi connectivity index (χ2n) is 6.46. The van der Waals surface area contributed by atoms with Crippen molar-refractivity contribution >= 4 is 33.6 Å². The minimum Gasteiger partial charge on any atom is -0.329 e. The number of carbonyl (C=O) groups is 4. The molecule has 0 aromatic heterocycles. The molecule has 0 N–H and O–H groups in total. The molecule has 9 nitrogen and oxygen atoms in total. The van der Waals surface area contributed by atoms with Crippen LogP contribution in [0, 0.1) is 0 Å². The summed E-state index contributed by atoms with van der Waals surface area (Å²) in [5, 5.41) is 1.05. The summed E-state index contributed by atoms with van der Waals surface area (Å²) in [5.41, 5.74) is 0.763. The molecule has 10 heteroatoms. The van der Waals surface area contributed by atoms with Gasteiger partial charge in [0.15, 0.2) is 9.84 Å². The molecular weight excluding hydrogens is 386 g/mol. The van der Waals surface area contributed by atoms with Crippen LogP contribution in [-0.4, -0.2) is 71.8 Å². The number of sulfone groups is 1. The van der Waals surface area contributed by atoms with Crippen LogP contribution in [0.4, 0.5) is 4.79 Å². The molecule has 2 aliphatic rings. The fourth-order valence-electron chi connectivity index (χ4n) is 3.12. The third kappa shape index (κ3) is 3.81. The molecule has 0 bridgehead atoms. The van der Waals surface area contributed by atoms with Gasteiger partial charge in [-0.15, -0.1) is 0 Å². The van der Waals surface area contributed by atoms with Crippen LogP contribution in [0.3, 0.4) is 0 Å². The maximum Gasteiger partial charge on any atom is 0.334 e. The number of imide groups is 2. The SMILES string of the molecule is CCN1C(=O)C(=O)N(CC(=O)N(Cc2ccccc2)[C@H]2C=CS(=O)(=O)C2)C1=O. The fourth-order valence-corrected chi connectivity index (χ4v) is 4.42. The van der Waals surface area contributed by atoms with Gasteiger partial charge in [0.1, 0.15) is 6.54 Å². The lowest BCUT2D eigenvalue weighted by molar-refractivity contribution is -0.145. The minimum absolute atomic E-state index is 0.0193. The lowest BCUT2D eigenvalue weighted by Crippen LogP contribution is -2.47. The average Bonchev–Trinajstić information content (AvgIpc) is 3.12. The van der Waals surface area contributed by atoms with E-state index in [0.717, 1.165) is 15.9 Å². The molecule has 1 aromatic rings. The highest BCUT2D eigenvalue weighted by molar-refractivity contribution is 7.94. The summed E-state index contributed by atoms with van der Waals surface area (Å²) in [6.07, 6.45) is 1.41. The van der Waals surface area contributed by atoms with Crippen molar-refractivity contribution in [3.05, 3.63) is 47.4 Å². The van der Waals surface area contributed by atoms with E-state index in [-0.39, 0.29) is 18.8 Å². The van der Waals surface area contributed by atoms with E-state index in [1.54, 1.807) is 31.2 Å². The first kappa shape index (κ1) is 19.7. The van der Waals surface area contributed by atoms with Crippen LogP contribution < -0.4 is 0 Å². The summed E-state index contributed by atoms with van der Waals surface area (Å²) in [5.74, 6) is -2.93. The number of benzene rings is 1. The molecule has 1 saturated heterocycles. The number of carbonyl (C=O) groups excluding carboxylic acids is 4. The van der Waals surface area contributed by atoms with Gasteiger partial charge in [-0.25, -0.2) is 18.1 Å². The third-order valence-corrected chi connectivity index (χ3v) is 5.95. The number of hydrogen-bond donors (Lipinski definition) is 0. The minimum atomic E-state index is -3.42. The van der Waals surface area contributed by atoms with Crippen LogP contribution in [0.5, 0.6) is 0 Å². The van der Waals surface area contributed by atoms with Gasteiger partial charge in [-0.05, 0) is 18.6 Å². The van der Waals surface area contributed by atoms with Gasteiger partial charge in [-0.3, -0.25) is 19.3 Å². The lowest BCUT2D eigenvalue weighted by Gasteiger charge is -2.29. The van der Waals surface area contributed by atoms with Crippen molar-refractivity contribution in [3.63, 3.8) is 0 Å². The largest absolute Gasteiger partial charge is 0.334 e. The standard InChI is InChI=1S/C18H19N3O6S/c1-2-19-16(23)17(24)21(18(19)25)11-15(22)20(10-13-6-4-3-5-7-13)14-8-9-28(26,27)12-14/h3-9,14H,2,10-12H2,1H3/t14-/m0/s1. The van der Waals surface area contributed by atoms with Gasteiger partial charge < -0.3 is 4.90 Å². The number of rotatable bonds is 6. The van der Waals surface area contributed by atoms with Gasteiger partial charge in [0.25, 0.3) is 0 Å². The molecule has 5 amide bonds. The maximum absolute atomic E-state index is 12.9. The van der Waals surface area contributed by atoms with Gasteiger partial charge in [-0.1, -0.05) is 30.3 Å². The zero-order chi connectivity index (χ0) is 20.5. The highest BCUT2D eigenvalue weighted by Crippen LogP contribution is 2.19. The average molecular weight is 405 g/mol. The lowest BCUT2D eigenvalue weighted by atomic mass is 10.1. The van der Waals surface area contributed by atoms with Crippen LogP contribution in [-0.2, 0) is 30.8 Å². The molecule has 3 rings (SSSR count). The highest BCUT2D eigenvalue weighted by atomic mass is 32.2.